The van der Waals surface area contributed by atoms with Gasteiger partial charge in [0.05, 0.1) is 0 Å². The molecule has 1 heterocycles. The molecule has 0 saturated carbocycles. The van der Waals surface area contributed by atoms with Crippen LogP contribution in [-0.2, 0) is 0 Å². The minimum absolute atomic E-state index is 0.283. The number of hydrogen-bond donors (Lipinski definition) is 3. The fraction of sp³-hybridized carbons (Fsp3) is 0.125. The van der Waals surface area contributed by atoms with Gasteiger partial charge in [-0.3, -0.25) is 0 Å². The van der Waals surface area contributed by atoms with Crippen molar-refractivity contribution in [2.45, 2.75) is 6.92 Å². The first-order valence-corrected chi connectivity index (χ1v) is 10.3. The van der Waals surface area contributed by atoms with Gasteiger partial charge in [0.2, 0.25) is 0 Å². The minimum atomic E-state index is -0.283. The maximum atomic E-state index is 12.0. The number of anilines is 2. The zero-order valence-corrected chi connectivity index (χ0v) is 17.8. The van der Waals surface area contributed by atoms with Crippen LogP contribution in [0, 0.1) is 6.92 Å². The number of nitrogens with one attached hydrogen (secondary N) is 3. The van der Waals surface area contributed by atoms with Gasteiger partial charge in [-0.1, -0.05) is 65.7 Å². The van der Waals surface area contributed by atoms with Gasteiger partial charge in [0.25, 0.3) is 0 Å². The van der Waals surface area contributed by atoms with Gasteiger partial charge < -0.3 is 16.0 Å². The van der Waals surface area contributed by atoms with Crippen molar-refractivity contribution >= 4 is 39.9 Å². The Bertz CT molecular complexity index is 1190. The van der Waals surface area contributed by atoms with Crippen LogP contribution >= 0.6 is 11.6 Å². The first-order chi connectivity index (χ1) is 15.1. The van der Waals surface area contributed by atoms with Gasteiger partial charge in [-0.05, 0) is 31.2 Å². The number of benzene rings is 3. The van der Waals surface area contributed by atoms with E-state index in [1.807, 2.05) is 24.3 Å². The van der Waals surface area contributed by atoms with Gasteiger partial charge in [0.15, 0.2) is 5.82 Å². The average molecular weight is 432 g/mol. The molecule has 3 N–H and O–H groups in total. The quantitative estimate of drug-likeness (QED) is 0.352. The van der Waals surface area contributed by atoms with Crippen LogP contribution in [-0.4, -0.2) is 29.3 Å². The highest BCUT2D eigenvalue weighted by atomic mass is 35.5. The van der Waals surface area contributed by atoms with Crippen molar-refractivity contribution in [3.63, 3.8) is 0 Å². The van der Waals surface area contributed by atoms with Crippen molar-refractivity contribution in [3.8, 4) is 11.3 Å². The summed E-state index contributed by atoms with van der Waals surface area (Å²) in [5.41, 5.74) is 3.76. The summed E-state index contributed by atoms with van der Waals surface area (Å²) in [7, 11) is 0. The van der Waals surface area contributed by atoms with Crippen LogP contribution in [0.3, 0.4) is 0 Å². The smallest absolute Gasteiger partial charge is 0.319 e. The first kappa shape index (κ1) is 20.6. The molecule has 0 fully saturated rings. The minimum Gasteiger partial charge on any atom is -0.366 e. The second kappa shape index (κ2) is 9.45. The molecule has 0 aliphatic rings. The Balaban J connectivity index is 1.40. The zero-order chi connectivity index (χ0) is 21.6. The molecular formula is C24H22ClN5O. The number of nitrogens with zero attached hydrogens (tertiary/aromatic N) is 2. The molecule has 0 aliphatic heterocycles. The Morgan fingerprint density at radius 1 is 0.871 bits per heavy atom. The summed E-state index contributed by atoms with van der Waals surface area (Å²) in [6.45, 7) is 3.00. The van der Waals surface area contributed by atoms with Gasteiger partial charge in [-0.2, -0.15) is 0 Å². The van der Waals surface area contributed by atoms with Crippen molar-refractivity contribution in [1.82, 2.24) is 15.5 Å². The largest absolute Gasteiger partial charge is 0.366 e. The summed E-state index contributed by atoms with van der Waals surface area (Å²) in [4.78, 5) is 12.0. The molecule has 0 radical (unpaired) electrons. The number of fused-ring (bicyclic) bond motifs is 1. The monoisotopic (exact) mass is 431 g/mol. The number of urea groups is 1. The number of halogens is 1. The molecule has 4 rings (SSSR count). The molecule has 6 nitrogen and oxygen atoms in total. The summed E-state index contributed by atoms with van der Waals surface area (Å²) in [5.74, 6) is 0.686. The molecule has 3 aromatic carbocycles. The number of carbonyl (C=O) groups excluding carboxylic acids is 1. The fourth-order valence-electron chi connectivity index (χ4n) is 3.22. The van der Waals surface area contributed by atoms with E-state index in [4.69, 9.17) is 11.6 Å². The highest BCUT2D eigenvalue weighted by molar-refractivity contribution is 6.30. The Hall–Kier alpha value is -3.64. The van der Waals surface area contributed by atoms with E-state index in [0.717, 1.165) is 22.0 Å². The van der Waals surface area contributed by atoms with Crippen molar-refractivity contribution in [2.75, 3.05) is 23.7 Å². The van der Waals surface area contributed by atoms with Crippen molar-refractivity contribution in [1.29, 1.82) is 0 Å². The van der Waals surface area contributed by atoms with Crippen molar-refractivity contribution < 1.29 is 4.79 Å². The topological polar surface area (TPSA) is 78.9 Å². The van der Waals surface area contributed by atoms with E-state index >= 15 is 0 Å². The van der Waals surface area contributed by atoms with Crippen molar-refractivity contribution in [2.24, 2.45) is 0 Å². The predicted molar refractivity (Wildman–Crippen MR) is 127 cm³/mol. The second-order valence-electron chi connectivity index (χ2n) is 7.12. The van der Waals surface area contributed by atoms with E-state index in [2.05, 4.69) is 57.3 Å². The fourth-order valence-corrected chi connectivity index (χ4v) is 3.35. The lowest BCUT2D eigenvalue weighted by Gasteiger charge is -2.12. The lowest BCUT2D eigenvalue weighted by Crippen LogP contribution is -2.32. The number of aryl methyl sites for hydroxylation is 1. The van der Waals surface area contributed by atoms with E-state index in [0.29, 0.717) is 29.6 Å². The van der Waals surface area contributed by atoms with Crippen LogP contribution in [0.2, 0.25) is 5.02 Å². The second-order valence-corrected chi connectivity index (χ2v) is 7.56. The number of carbonyl (C=O) groups is 1. The van der Waals surface area contributed by atoms with E-state index in [-0.39, 0.29) is 6.03 Å². The highest BCUT2D eigenvalue weighted by Gasteiger charge is 2.10. The summed E-state index contributed by atoms with van der Waals surface area (Å²) in [5, 5.41) is 20.3. The number of aromatic nitrogens is 2. The molecule has 0 atom stereocenters. The molecule has 4 aromatic rings. The van der Waals surface area contributed by atoms with Crippen LogP contribution in [0.15, 0.2) is 72.8 Å². The van der Waals surface area contributed by atoms with Crippen molar-refractivity contribution in [3.05, 3.63) is 83.4 Å². The first-order valence-electron chi connectivity index (χ1n) is 9.97. The third-order valence-corrected chi connectivity index (χ3v) is 5.07. The van der Waals surface area contributed by atoms with E-state index in [1.54, 1.807) is 24.3 Å². The molecule has 0 bridgehead atoms. The van der Waals surface area contributed by atoms with E-state index < -0.39 is 0 Å². The molecule has 156 valence electrons. The Labute approximate surface area is 185 Å². The molecule has 2 amide bonds. The van der Waals surface area contributed by atoms with E-state index in [1.165, 1.54) is 5.56 Å². The van der Waals surface area contributed by atoms with Gasteiger partial charge in [0, 0.05) is 40.1 Å². The summed E-state index contributed by atoms with van der Waals surface area (Å²) >= 11 is 5.85. The normalized spacial score (nSPS) is 10.6. The van der Waals surface area contributed by atoms with Crippen LogP contribution in [0.1, 0.15) is 5.56 Å². The highest BCUT2D eigenvalue weighted by Crippen LogP contribution is 2.29. The average Bonchev–Trinajstić information content (AvgIpc) is 2.79. The SMILES string of the molecule is Cc1ccc(-c2nnc(NCCNC(=O)Nc3ccc(Cl)cc3)c3ccccc23)cc1. The lowest BCUT2D eigenvalue weighted by molar-refractivity contribution is 0.252. The number of amides is 2. The van der Waals surface area contributed by atoms with Gasteiger partial charge in [-0.25, -0.2) is 4.79 Å². The van der Waals surface area contributed by atoms with Gasteiger partial charge in [0.1, 0.15) is 5.69 Å². The number of hydrogen-bond acceptors (Lipinski definition) is 4. The Morgan fingerprint density at radius 3 is 2.32 bits per heavy atom. The molecule has 0 aliphatic carbocycles. The predicted octanol–water partition coefficient (Wildman–Crippen LogP) is 5.49. The molecule has 7 heteroatoms. The maximum Gasteiger partial charge on any atom is 0.319 e. The Kier molecular flexibility index (Phi) is 6.29. The molecule has 0 spiro atoms. The molecule has 31 heavy (non-hydrogen) atoms. The number of rotatable bonds is 6. The molecule has 0 saturated heterocycles. The standard InChI is InChI=1S/C24H22ClN5O/c1-16-6-8-17(9-7-16)22-20-4-2-3-5-21(20)23(30-29-22)26-14-15-27-24(31)28-19-12-10-18(25)11-13-19/h2-13H,14-15H2,1H3,(H,26,30)(H2,27,28,31). The molecule has 0 unspecified atom stereocenters. The van der Waals surface area contributed by atoms with Crippen LogP contribution in [0.4, 0.5) is 16.3 Å². The zero-order valence-electron chi connectivity index (χ0n) is 17.0. The Morgan fingerprint density at radius 2 is 1.58 bits per heavy atom. The molecular weight excluding hydrogens is 410 g/mol. The summed E-state index contributed by atoms with van der Waals surface area (Å²) in [6.07, 6.45) is 0. The third-order valence-electron chi connectivity index (χ3n) is 4.82. The van der Waals surface area contributed by atoms with Gasteiger partial charge >= 0.3 is 6.03 Å². The summed E-state index contributed by atoms with van der Waals surface area (Å²) < 4.78 is 0. The lowest BCUT2D eigenvalue weighted by atomic mass is 10.0. The van der Waals surface area contributed by atoms with Crippen LogP contribution < -0.4 is 16.0 Å². The summed E-state index contributed by atoms with van der Waals surface area (Å²) in [6, 6.07) is 22.9. The van der Waals surface area contributed by atoms with Crippen LogP contribution in [0.25, 0.3) is 22.0 Å². The maximum absolute atomic E-state index is 12.0. The van der Waals surface area contributed by atoms with Crippen LogP contribution in [0.5, 0.6) is 0 Å². The van der Waals surface area contributed by atoms with Gasteiger partial charge in [-0.15, -0.1) is 10.2 Å². The van der Waals surface area contributed by atoms with E-state index in [9.17, 15) is 4.79 Å². The third kappa shape index (κ3) is 5.10. The molecule has 1 aromatic heterocycles.